The van der Waals surface area contributed by atoms with Crippen LogP contribution in [-0.4, -0.2) is 179 Å². The lowest BCUT2D eigenvalue weighted by atomic mass is 9.70. The number of ether oxygens (including phenoxy) is 9. The van der Waals surface area contributed by atoms with Crippen molar-refractivity contribution in [2.45, 2.75) is 183 Å². The fourth-order valence-corrected chi connectivity index (χ4v) is 11.3. The van der Waals surface area contributed by atoms with Crippen LogP contribution in [0.5, 0.6) is 17.2 Å². The van der Waals surface area contributed by atoms with Crippen LogP contribution < -0.4 is 0 Å². The second kappa shape index (κ2) is 18.3. The summed E-state index contributed by atoms with van der Waals surface area (Å²) in [7, 11) is 7.41. The third kappa shape index (κ3) is 8.40. The number of fused-ring (bicyclic) bond motifs is 5. The van der Waals surface area contributed by atoms with Crippen molar-refractivity contribution in [3.63, 3.8) is 0 Å². The molecular weight excluding hydrogens is 877 g/mol. The second-order valence-electron chi connectivity index (χ2n) is 19.7. The summed E-state index contributed by atoms with van der Waals surface area (Å²) < 4.78 is 57.6. The van der Waals surface area contributed by atoms with Crippen LogP contribution in [0.25, 0.3) is 0 Å². The van der Waals surface area contributed by atoms with Crippen molar-refractivity contribution in [3.8, 4) is 17.2 Å². The first-order valence-electron chi connectivity index (χ1n) is 23.4. The number of nitrogens with zero attached hydrogens (tertiary/aromatic N) is 2. The van der Waals surface area contributed by atoms with Gasteiger partial charge in [0.05, 0.1) is 58.9 Å². The Morgan fingerprint density at radius 2 is 1.33 bits per heavy atom. The zero-order chi connectivity index (χ0) is 48.1. The van der Waals surface area contributed by atoms with Crippen LogP contribution in [0.1, 0.15) is 128 Å². The monoisotopic (exact) mass is 940 g/mol. The number of rotatable bonds is 9. The summed E-state index contributed by atoms with van der Waals surface area (Å²) in [6.45, 7) is 8.84. The molecule has 0 bridgehead atoms. The summed E-state index contributed by atoms with van der Waals surface area (Å²) in [5.74, 6) is -3.62. The predicted octanol–water partition coefficient (Wildman–Crippen LogP) is 3.11. The van der Waals surface area contributed by atoms with Gasteiger partial charge in [-0.25, -0.2) is 0 Å². The van der Waals surface area contributed by atoms with Gasteiger partial charge in [0, 0.05) is 60.9 Å². The molecule has 5 heterocycles. The topological polar surface area (TPSA) is 242 Å². The van der Waals surface area contributed by atoms with Gasteiger partial charge in [-0.2, -0.15) is 0 Å². The van der Waals surface area contributed by atoms with E-state index in [2.05, 4.69) is 0 Å². The molecule has 19 nitrogen and oxygen atoms in total. The molecular formula is C48H64N2O17. The highest BCUT2D eigenvalue weighted by Crippen LogP contribution is 2.58. The highest BCUT2D eigenvalue weighted by Gasteiger charge is 2.56. The lowest BCUT2D eigenvalue weighted by Gasteiger charge is -2.51. The van der Waals surface area contributed by atoms with Gasteiger partial charge in [-0.05, 0) is 68.4 Å². The Bertz CT molecular complexity index is 2260. The van der Waals surface area contributed by atoms with Crippen molar-refractivity contribution >= 4 is 17.3 Å². The first-order valence-corrected chi connectivity index (χ1v) is 23.4. The first kappa shape index (κ1) is 48.4. The van der Waals surface area contributed by atoms with E-state index < -0.39 is 144 Å². The molecule has 0 spiro atoms. The van der Waals surface area contributed by atoms with Crippen LogP contribution in [0.3, 0.4) is 0 Å². The molecule has 5 fully saturated rings. The summed E-state index contributed by atoms with van der Waals surface area (Å²) in [4.78, 5) is 44.8. The van der Waals surface area contributed by atoms with Gasteiger partial charge in [-0.1, -0.05) is 19.1 Å². The van der Waals surface area contributed by atoms with E-state index in [4.69, 9.17) is 42.6 Å². The summed E-state index contributed by atoms with van der Waals surface area (Å²) in [5, 5.41) is 59.3. The number of likely N-dealkylation sites (N-methyl/N-ethyl adjacent to an activating group) is 2. The van der Waals surface area contributed by atoms with E-state index in [0.29, 0.717) is 6.42 Å². The van der Waals surface area contributed by atoms with Crippen molar-refractivity contribution in [2.24, 2.45) is 0 Å². The predicted molar refractivity (Wildman–Crippen MR) is 232 cm³/mol. The molecule has 18 atom stereocenters. The first-order chi connectivity index (χ1) is 31.7. The maximum Gasteiger partial charge on any atom is 0.202 e. The Morgan fingerprint density at radius 1 is 0.701 bits per heavy atom. The fraction of sp³-hybridized carbons (Fsp3) is 0.688. The SMILES string of the molecule is CC[C@@]1(O)C[C@H](OC2CC(N(C)C)C(O[C@H]3C[C@@H]4O[C@H]5CC(=O)[C@H](C)O[C@H]5O[C@@H]4[C@H](C)O3)C(C)O2)c2c(O)c3c(c(O)c2[C@H]1OC1CC(N(C)C)C(O)C(C)O1)C(=O)c1cccc(O)c1C3=O. The number of carbonyl (C=O) groups is 3. The van der Waals surface area contributed by atoms with E-state index in [9.17, 15) is 39.9 Å². The molecule has 5 N–H and O–H groups in total. The molecule has 0 amide bonds. The van der Waals surface area contributed by atoms with Gasteiger partial charge in [-0.3, -0.25) is 14.4 Å². The standard InChI is InChI=1S/C48H64N2O17/c1-10-48(58)18-30(64-31-15-25(50(8)9)44(21(4)60-31)65-33-17-28-45(22(5)61-33)67-47-29(63-28)16-27(52)19(2)62-47)35-38(46(48)66-32-14-24(49(6)7)39(53)20(3)59-32)43(57)36-37(42(35)56)41(55)34-23(40(36)54)12-11-13-26(34)51/h11-13,19-22,24-25,28-33,39,44-47,51,53,56-58H,10,14-18H2,1-9H3/t19-,20?,21?,22-,24?,25?,28-,29-,30-,31?,32?,33-,39?,44?,45+,46+,47-,48+/m0/s1. The fourth-order valence-electron chi connectivity index (χ4n) is 11.3. The molecule has 5 aliphatic heterocycles. The van der Waals surface area contributed by atoms with Crippen molar-refractivity contribution in [3.05, 3.63) is 51.6 Å². The molecule has 0 radical (unpaired) electrons. The third-order valence-corrected chi connectivity index (χ3v) is 15.0. The van der Waals surface area contributed by atoms with Gasteiger partial charge in [0.15, 0.2) is 36.7 Å². The molecule has 19 heteroatoms. The number of benzene rings is 2. The molecule has 67 heavy (non-hydrogen) atoms. The van der Waals surface area contributed by atoms with Crippen LogP contribution >= 0.6 is 0 Å². The van der Waals surface area contributed by atoms with Gasteiger partial charge >= 0.3 is 0 Å². The molecule has 5 saturated heterocycles. The smallest absolute Gasteiger partial charge is 0.202 e. The Kier molecular flexibility index (Phi) is 13.2. The Balaban J connectivity index is 1.02. The van der Waals surface area contributed by atoms with E-state index >= 15 is 0 Å². The minimum Gasteiger partial charge on any atom is -0.507 e. The normalized spacial score (nSPS) is 40.8. The molecule has 9 rings (SSSR count). The number of aliphatic hydroxyl groups is 2. The van der Waals surface area contributed by atoms with Crippen LogP contribution in [0, 0.1) is 0 Å². The summed E-state index contributed by atoms with van der Waals surface area (Å²) >= 11 is 0. The van der Waals surface area contributed by atoms with Gasteiger partial charge < -0.3 is 78.0 Å². The number of Topliss-reactive ketones (excluding diaryl/α,β-unsaturated/α-hetero) is 1. The van der Waals surface area contributed by atoms with Crippen molar-refractivity contribution < 1.29 is 82.5 Å². The lowest BCUT2D eigenvalue weighted by Crippen LogP contribution is -2.62. The van der Waals surface area contributed by atoms with E-state index in [1.807, 2.05) is 51.8 Å². The molecule has 0 aromatic heterocycles. The summed E-state index contributed by atoms with van der Waals surface area (Å²) in [6.07, 6.45) is -10.6. The maximum atomic E-state index is 14.3. The largest absolute Gasteiger partial charge is 0.507 e. The van der Waals surface area contributed by atoms with Crippen molar-refractivity contribution in [2.75, 3.05) is 28.2 Å². The van der Waals surface area contributed by atoms with E-state index in [1.54, 1.807) is 20.8 Å². The Hall–Kier alpha value is -3.67. The highest BCUT2D eigenvalue weighted by molar-refractivity contribution is 6.31. The number of aliphatic hydroxyl groups excluding tert-OH is 1. The van der Waals surface area contributed by atoms with Crippen molar-refractivity contribution in [1.29, 1.82) is 0 Å². The summed E-state index contributed by atoms with van der Waals surface area (Å²) in [6, 6.07) is 3.25. The number of aromatic hydroxyl groups is 3. The second-order valence-corrected chi connectivity index (χ2v) is 19.7. The Morgan fingerprint density at radius 3 is 2.03 bits per heavy atom. The molecule has 7 aliphatic rings. The molecule has 2 aromatic carbocycles. The van der Waals surface area contributed by atoms with Crippen LogP contribution in [0.4, 0.5) is 0 Å². The number of carbonyl (C=O) groups excluding carboxylic acids is 3. The molecule has 368 valence electrons. The number of ketones is 3. The molecule has 2 aliphatic carbocycles. The zero-order valence-corrected chi connectivity index (χ0v) is 39.3. The average molecular weight is 941 g/mol. The number of hydrogen-bond donors (Lipinski definition) is 5. The zero-order valence-electron chi connectivity index (χ0n) is 39.3. The minimum absolute atomic E-state index is 0.0400. The minimum atomic E-state index is -1.83. The average Bonchev–Trinajstić information content (AvgIpc) is 3.26. The number of phenols is 3. The third-order valence-electron chi connectivity index (χ3n) is 15.0. The van der Waals surface area contributed by atoms with Gasteiger partial charge in [0.1, 0.15) is 47.8 Å². The van der Waals surface area contributed by atoms with Gasteiger partial charge in [-0.15, -0.1) is 0 Å². The summed E-state index contributed by atoms with van der Waals surface area (Å²) in [5.41, 5.74) is -3.62. The maximum absolute atomic E-state index is 14.3. The number of hydrogen-bond acceptors (Lipinski definition) is 19. The highest BCUT2D eigenvalue weighted by atomic mass is 16.8. The van der Waals surface area contributed by atoms with Crippen molar-refractivity contribution in [1.82, 2.24) is 9.80 Å². The van der Waals surface area contributed by atoms with E-state index in [0.717, 1.165) is 0 Å². The Labute approximate surface area is 389 Å². The molecule has 8 unspecified atom stereocenters. The molecule has 2 aromatic rings. The van der Waals surface area contributed by atoms with Gasteiger partial charge in [0.2, 0.25) is 5.78 Å². The van der Waals surface area contributed by atoms with Gasteiger partial charge in [0.25, 0.3) is 0 Å². The quantitative estimate of drug-likeness (QED) is 0.194. The van der Waals surface area contributed by atoms with E-state index in [-0.39, 0.29) is 66.2 Å². The van der Waals surface area contributed by atoms with Crippen LogP contribution in [0.2, 0.25) is 0 Å². The molecule has 0 saturated carbocycles. The lowest BCUT2D eigenvalue weighted by molar-refractivity contribution is -0.371. The van der Waals surface area contributed by atoms with Crippen LogP contribution in [-0.2, 0) is 47.4 Å². The number of phenolic OH excluding ortho intramolecular Hbond substituents is 3. The van der Waals surface area contributed by atoms with Crippen LogP contribution in [0.15, 0.2) is 18.2 Å². The van der Waals surface area contributed by atoms with E-state index in [1.165, 1.54) is 18.2 Å².